The molecule has 2 aromatic rings. The van der Waals surface area contributed by atoms with E-state index in [0.29, 0.717) is 12.4 Å². The maximum absolute atomic E-state index is 12.1. The highest BCUT2D eigenvalue weighted by Gasteiger charge is 2.27. The minimum Gasteiger partial charge on any atom is -0.374 e. The predicted molar refractivity (Wildman–Crippen MR) is 86.3 cm³/mol. The van der Waals surface area contributed by atoms with Crippen molar-refractivity contribution >= 4 is 5.91 Å². The van der Waals surface area contributed by atoms with Gasteiger partial charge in [-0.25, -0.2) is 4.98 Å². The molecule has 2 rings (SSSR count). The number of hydrogen-bond acceptors (Lipinski definition) is 5. The van der Waals surface area contributed by atoms with Crippen molar-refractivity contribution in [3.63, 3.8) is 0 Å². The van der Waals surface area contributed by atoms with Gasteiger partial charge in [-0.2, -0.15) is 5.10 Å². The molecule has 0 saturated carbocycles. The number of carbonyl (C=O) groups excluding carboxylic acids is 1. The molecule has 1 amide bonds. The summed E-state index contributed by atoms with van der Waals surface area (Å²) in [7, 11) is 1.77. The van der Waals surface area contributed by atoms with Crippen molar-refractivity contribution in [2.75, 3.05) is 6.61 Å². The fourth-order valence-electron chi connectivity index (χ4n) is 1.91. The number of rotatable bonds is 7. The van der Waals surface area contributed by atoms with E-state index in [1.54, 1.807) is 31.9 Å². The van der Waals surface area contributed by atoms with Crippen LogP contribution in [0.25, 0.3) is 0 Å². The molecule has 0 fully saturated rings. The zero-order valence-corrected chi connectivity index (χ0v) is 13.7. The molecule has 3 N–H and O–H groups in total. The third kappa shape index (κ3) is 5.15. The van der Waals surface area contributed by atoms with Crippen LogP contribution in [-0.2, 0) is 23.2 Å². The van der Waals surface area contributed by atoms with Crippen LogP contribution in [0, 0.1) is 0 Å². The first-order chi connectivity index (χ1) is 10.9. The molecular weight excluding hydrogens is 294 g/mol. The van der Waals surface area contributed by atoms with Crippen molar-refractivity contribution in [3.8, 4) is 0 Å². The van der Waals surface area contributed by atoms with Gasteiger partial charge >= 0.3 is 0 Å². The molecule has 0 aliphatic rings. The number of carbonyl (C=O) groups is 1. The summed E-state index contributed by atoms with van der Waals surface area (Å²) in [6.07, 6.45) is 1.58. The minimum absolute atomic E-state index is 0.265. The van der Waals surface area contributed by atoms with E-state index in [4.69, 9.17) is 10.5 Å². The molecule has 1 atom stereocenters. The Morgan fingerprint density at radius 3 is 2.65 bits per heavy atom. The number of nitrogens with zero attached hydrogens (tertiary/aromatic N) is 3. The second kappa shape index (κ2) is 7.34. The Hall–Kier alpha value is -2.25. The standard InChI is InChI=1S/C16H23N5O2/c1-16(2,17)15(22)19-13(14-18-11-21(3)20-14)10-23-9-12-7-5-4-6-8-12/h4-8,11,13H,9-10,17H2,1-3H3,(H,19,22)/t13-/m1/s1. The van der Waals surface area contributed by atoms with Gasteiger partial charge in [0.25, 0.3) is 0 Å². The molecular formula is C16H23N5O2. The number of nitrogens with two attached hydrogens (primary N) is 1. The Bertz CT molecular complexity index is 633. The Kier molecular flexibility index (Phi) is 5.46. The Balaban J connectivity index is 2.00. The average Bonchev–Trinajstić information content (AvgIpc) is 2.92. The lowest BCUT2D eigenvalue weighted by atomic mass is 10.1. The van der Waals surface area contributed by atoms with Crippen LogP contribution in [0.5, 0.6) is 0 Å². The number of aromatic nitrogens is 3. The lowest BCUT2D eigenvalue weighted by Gasteiger charge is -2.22. The zero-order valence-electron chi connectivity index (χ0n) is 13.7. The lowest BCUT2D eigenvalue weighted by Crippen LogP contribution is -2.50. The summed E-state index contributed by atoms with van der Waals surface area (Å²) in [6, 6.07) is 9.37. The maximum Gasteiger partial charge on any atom is 0.240 e. The molecule has 124 valence electrons. The molecule has 1 aromatic carbocycles. The molecule has 0 bridgehead atoms. The SMILES string of the molecule is Cn1cnc([C@@H](COCc2ccccc2)NC(=O)C(C)(C)N)n1. The molecule has 0 aliphatic carbocycles. The molecule has 0 aliphatic heterocycles. The largest absolute Gasteiger partial charge is 0.374 e. The van der Waals surface area contributed by atoms with Gasteiger partial charge in [-0.3, -0.25) is 9.48 Å². The third-order valence-corrected chi connectivity index (χ3v) is 3.22. The van der Waals surface area contributed by atoms with E-state index in [0.717, 1.165) is 5.56 Å². The second-order valence-electron chi connectivity index (χ2n) is 6.02. The Morgan fingerprint density at radius 2 is 2.09 bits per heavy atom. The molecule has 0 saturated heterocycles. The molecule has 23 heavy (non-hydrogen) atoms. The van der Waals surface area contributed by atoms with Gasteiger partial charge in [0.05, 0.1) is 18.8 Å². The first kappa shape index (κ1) is 17.1. The number of benzene rings is 1. The minimum atomic E-state index is -0.980. The smallest absolute Gasteiger partial charge is 0.240 e. The van der Waals surface area contributed by atoms with Gasteiger partial charge in [0.15, 0.2) is 5.82 Å². The summed E-state index contributed by atoms with van der Waals surface area (Å²) in [4.78, 5) is 16.3. The quantitative estimate of drug-likeness (QED) is 0.792. The van der Waals surface area contributed by atoms with Gasteiger partial charge in [-0.1, -0.05) is 30.3 Å². The predicted octanol–water partition coefficient (Wildman–Crippen LogP) is 0.927. The van der Waals surface area contributed by atoms with E-state index in [-0.39, 0.29) is 12.5 Å². The van der Waals surface area contributed by atoms with Crippen LogP contribution in [0.4, 0.5) is 0 Å². The second-order valence-corrected chi connectivity index (χ2v) is 6.02. The Morgan fingerprint density at radius 1 is 1.39 bits per heavy atom. The first-order valence-corrected chi connectivity index (χ1v) is 7.43. The average molecular weight is 317 g/mol. The van der Waals surface area contributed by atoms with E-state index in [1.807, 2.05) is 30.3 Å². The molecule has 1 aromatic heterocycles. The molecule has 0 spiro atoms. The third-order valence-electron chi connectivity index (χ3n) is 3.22. The molecule has 7 heteroatoms. The van der Waals surface area contributed by atoms with E-state index < -0.39 is 11.6 Å². The molecule has 0 unspecified atom stereocenters. The normalized spacial score (nSPS) is 12.9. The molecule has 7 nitrogen and oxygen atoms in total. The summed E-state index contributed by atoms with van der Waals surface area (Å²) in [5.41, 5.74) is 5.91. The topological polar surface area (TPSA) is 95.1 Å². The highest BCUT2D eigenvalue weighted by molar-refractivity contribution is 5.85. The van der Waals surface area contributed by atoms with Gasteiger partial charge in [-0.05, 0) is 19.4 Å². The van der Waals surface area contributed by atoms with Gasteiger partial charge in [0.1, 0.15) is 12.4 Å². The van der Waals surface area contributed by atoms with Crippen molar-refractivity contribution in [1.29, 1.82) is 0 Å². The van der Waals surface area contributed by atoms with Gasteiger partial charge in [0, 0.05) is 7.05 Å². The van der Waals surface area contributed by atoms with E-state index in [9.17, 15) is 4.79 Å². The van der Waals surface area contributed by atoms with Gasteiger partial charge < -0.3 is 15.8 Å². The molecule has 0 radical (unpaired) electrons. The number of aryl methyl sites for hydroxylation is 1. The van der Waals surface area contributed by atoms with Gasteiger partial charge in [0.2, 0.25) is 5.91 Å². The van der Waals surface area contributed by atoms with Crippen LogP contribution >= 0.6 is 0 Å². The van der Waals surface area contributed by atoms with Crippen molar-refractivity contribution in [2.45, 2.75) is 32.0 Å². The number of nitrogens with one attached hydrogen (secondary N) is 1. The van der Waals surface area contributed by atoms with Crippen LogP contribution in [0.2, 0.25) is 0 Å². The Labute approximate surface area is 135 Å². The number of amides is 1. The summed E-state index contributed by atoms with van der Waals surface area (Å²) in [5.74, 6) is 0.219. The first-order valence-electron chi connectivity index (χ1n) is 7.43. The van der Waals surface area contributed by atoms with E-state index in [1.165, 1.54) is 0 Å². The van der Waals surface area contributed by atoms with Crippen molar-refractivity contribution in [3.05, 3.63) is 48.0 Å². The van der Waals surface area contributed by atoms with Crippen LogP contribution in [0.3, 0.4) is 0 Å². The zero-order chi connectivity index (χ0) is 16.9. The summed E-state index contributed by atoms with van der Waals surface area (Å²) in [5, 5.41) is 7.09. The maximum atomic E-state index is 12.1. The number of hydrogen-bond donors (Lipinski definition) is 2. The van der Waals surface area contributed by atoms with Crippen LogP contribution in [-0.4, -0.2) is 32.8 Å². The molecule has 1 heterocycles. The van der Waals surface area contributed by atoms with E-state index >= 15 is 0 Å². The van der Waals surface area contributed by atoms with Crippen LogP contribution < -0.4 is 11.1 Å². The fraction of sp³-hybridized carbons (Fsp3) is 0.438. The van der Waals surface area contributed by atoms with Crippen LogP contribution in [0.1, 0.15) is 31.3 Å². The summed E-state index contributed by atoms with van der Waals surface area (Å²) >= 11 is 0. The lowest BCUT2D eigenvalue weighted by molar-refractivity contribution is -0.126. The van der Waals surface area contributed by atoms with Crippen molar-refractivity contribution < 1.29 is 9.53 Å². The van der Waals surface area contributed by atoms with Gasteiger partial charge in [-0.15, -0.1) is 0 Å². The highest BCUT2D eigenvalue weighted by Crippen LogP contribution is 2.11. The van der Waals surface area contributed by atoms with Crippen molar-refractivity contribution in [2.24, 2.45) is 12.8 Å². The monoisotopic (exact) mass is 317 g/mol. The van der Waals surface area contributed by atoms with Crippen LogP contribution in [0.15, 0.2) is 36.7 Å². The van der Waals surface area contributed by atoms with E-state index in [2.05, 4.69) is 15.4 Å². The van der Waals surface area contributed by atoms with Crippen molar-refractivity contribution in [1.82, 2.24) is 20.1 Å². The summed E-state index contributed by atoms with van der Waals surface area (Å²) in [6.45, 7) is 4.01. The highest BCUT2D eigenvalue weighted by atomic mass is 16.5. The summed E-state index contributed by atoms with van der Waals surface area (Å²) < 4.78 is 7.30. The fourth-order valence-corrected chi connectivity index (χ4v) is 1.91. The number of ether oxygens (including phenoxy) is 1.